The van der Waals surface area contributed by atoms with Crippen molar-refractivity contribution < 1.29 is 51.6 Å². The van der Waals surface area contributed by atoms with Gasteiger partial charge < -0.3 is 25.4 Å². The Morgan fingerprint density at radius 2 is 1.69 bits per heavy atom. The Morgan fingerprint density at radius 1 is 0.962 bits per heavy atom. The van der Waals surface area contributed by atoms with Gasteiger partial charge in [0.05, 0.1) is 28.6 Å². The Bertz CT molecular complexity index is 3230. The number of aliphatic carboxylic acids is 1. The number of nitrogens with one attached hydrogen (secondary N) is 3. The van der Waals surface area contributed by atoms with Crippen molar-refractivity contribution in [3.63, 3.8) is 0 Å². The van der Waals surface area contributed by atoms with Crippen LogP contribution >= 0.6 is 11.3 Å². The number of hydrogen-bond acceptors (Lipinski definition) is 14. The molecule has 5 amide bonds. The fourth-order valence-corrected chi connectivity index (χ4v) is 15.4. The van der Waals surface area contributed by atoms with Gasteiger partial charge in [-0.15, -0.1) is 0 Å². The van der Waals surface area contributed by atoms with Crippen molar-refractivity contribution in [2.24, 2.45) is 21.2 Å². The molecule has 0 spiro atoms. The van der Waals surface area contributed by atoms with Gasteiger partial charge in [0.15, 0.2) is 10.8 Å². The number of ether oxygens (including phenoxy) is 1. The van der Waals surface area contributed by atoms with E-state index in [0.29, 0.717) is 73.8 Å². The number of aromatic nitrogens is 3. The molecular weight excluding hydrogens is 1040 g/mol. The summed E-state index contributed by atoms with van der Waals surface area (Å²) < 4.78 is 43.2. The van der Waals surface area contributed by atoms with Crippen molar-refractivity contribution in [1.82, 2.24) is 35.2 Å². The topological polar surface area (TPSA) is 272 Å². The third-order valence-corrected chi connectivity index (χ3v) is 17.6. The van der Waals surface area contributed by atoms with Crippen LogP contribution in [0.1, 0.15) is 118 Å². The molecule has 4 bridgehead atoms. The number of thiazole rings is 1. The van der Waals surface area contributed by atoms with E-state index in [0.717, 1.165) is 64.0 Å². The lowest BCUT2D eigenvalue weighted by Gasteiger charge is -2.69. The van der Waals surface area contributed by atoms with E-state index < -0.39 is 57.1 Å². The highest BCUT2D eigenvalue weighted by Crippen LogP contribution is 2.72. The van der Waals surface area contributed by atoms with Crippen LogP contribution in [-0.4, -0.2) is 127 Å². The van der Waals surface area contributed by atoms with Gasteiger partial charge in [-0.1, -0.05) is 62.4 Å². The van der Waals surface area contributed by atoms with Crippen LogP contribution in [0.2, 0.25) is 0 Å². The summed E-state index contributed by atoms with van der Waals surface area (Å²) in [5, 5.41) is 24.1. The summed E-state index contributed by atoms with van der Waals surface area (Å²) >= 11 is 1.40. The van der Waals surface area contributed by atoms with Crippen molar-refractivity contribution in [3.8, 4) is 0 Å². The van der Waals surface area contributed by atoms with Crippen molar-refractivity contribution in [2.45, 2.75) is 123 Å². The molecule has 2 aromatic heterocycles. The molecule has 2 aromatic carbocycles. The van der Waals surface area contributed by atoms with E-state index in [2.05, 4.69) is 41.4 Å². The van der Waals surface area contributed by atoms with Gasteiger partial charge >= 0.3 is 5.97 Å². The summed E-state index contributed by atoms with van der Waals surface area (Å²) in [6.45, 7) is 14.3. The zero-order valence-corrected chi connectivity index (χ0v) is 46.1. The van der Waals surface area contributed by atoms with Gasteiger partial charge in [-0.05, 0) is 123 Å². The molecule has 20 nitrogen and oxygen atoms in total. The molecule has 4 saturated carbocycles. The largest absolute Gasteiger partial charge is 0.476 e. The Morgan fingerprint density at radius 3 is 2.38 bits per heavy atom. The van der Waals surface area contributed by atoms with Gasteiger partial charge in [0, 0.05) is 73.7 Å². The van der Waals surface area contributed by atoms with Gasteiger partial charge in [-0.25, -0.2) is 14.8 Å². The summed E-state index contributed by atoms with van der Waals surface area (Å²) in [5.41, 5.74) is 3.55. The smallest absolute Gasteiger partial charge is 0.355 e. The number of para-hydroxylation sites is 1. The number of allylic oxidation sites excluding steroid dienone is 1. The minimum Gasteiger partial charge on any atom is -0.476 e. The highest BCUT2D eigenvalue weighted by molar-refractivity contribution is 7.85. The van der Waals surface area contributed by atoms with Crippen LogP contribution in [0.5, 0.6) is 0 Å². The summed E-state index contributed by atoms with van der Waals surface area (Å²) in [7, 11) is -4.66. The molecule has 5 N–H and O–H groups in total. The predicted octanol–water partition coefficient (Wildman–Crippen LogP) is 6.62. The number of amides is 5. The van der Waals surface area contributed by atoms with Gasteiger partial charge in [0.2, 0.25) is 11.8 Å². The monoisotopic (exact) mass is 1110 g/mol. The molecule has 22 heteroatoms. The summed E-state index contributed by atoms with van der Waals surface area (Å²) in [6.07, 6.45) is 12.9. The fourth-order valence-electron chi connectivity index (χ4n) is 13.9. The number of benzene rings is 2. The number of nitrogens with zero attached hydrogens (tertiary/aromatic N) is 6. The van der Waals surface area contributed by atoms with Crippen molar-refractivity contribution in [2.75, 3.05) is 37.3 Å². The number of unbranched alkanes of at least 4 members (excludes halogenated alkanes) is 2. The average Bonchev–Trinajstić information content (AvgIpc) is 3.84. The maximum Gasteiger partial charge on any atom is 0.355 e. The van der Waals surface area contributed by atoms with Gasteiger partial charge in [0.25, 0.3) is 27.8 Å². The lowest BCUT2D eigenvalue weighted by molar-refractivity contribution is -0.247. The normalized spacial score (nSPS) is 24.2. The number of hydrogen-bond donors (Lipinski definition) is 5. The Kier molecular flexibility index (Phi) is 15.8. The van der Waals surface area contributed by atoms with Crippen molar-refractivity contribution in [3.05, 3.63) is 107 Å². The predicted molar refractivity (Wildman–Crippen MR) is 294 cm³/mol. The number of imide groups is 1. The second kappa shape index (κ2) is 22.1. The first-order valence-electron chi connectivity index (χ1n) is 26.4. The van der Waals surface area contributed by atoms with E-state index in [4.69, 9.17) is 14.8 Å². The second-order valence-electron chi connectivity index (χ2n) is 22.6. The summed E-state index contributed by atoms with van der Waals surface area (Å²) in [6, 6.07) is 11.8. The van der Waals surface area contributed by atoms with E-state index in [1.54, 1.807) is 25.3 Å². The number of carboxylic acids is 1. The van der Waals surface area contributed by atoms with Crippen molar-refractivity contribution in [1.29, 1.82) is 0 Å². The zero-order chi connectivity index (χ0) is 55.8. The van der Waals surface area contributed by atoms with Crippen LogP contribution in [0.3, 0.4) is 0 Å². The number of carboxylic acid groups (broad SMARTS) is 1. The van der Waals surface area contributed by atoms with E-state index in [9.17, 15) is 46.8 Å². The minimum atomic E-state index is -4.66. The molecule has 4 aromatic rings. The molecule has 78 heavy (non-hydrogen) atoms. The standard InChI is InChI=1S/C56H67N9O11S2/c1-6-44(63-23-20-37-13-12-14-38(40(37)26-63)49(69)62-52-60-41-15-9-10-16-43(41)77-52)61-48(51(71)72)35(2)39-25-58-65(36(39)3)34-55-29-53(4)28-54(5,30-55)32-56(31-53,33-55)76-24-21-57-50(70)42(27-78(73,74)75)59-45(66)17-8-7-11-22-64-46(67)18-19-47(64)68/h6,9-10,12-16,18-19,25,42H,2,7-8,11,17,20-24,26-34H2,1,3-5H3,(H,57,70)(H,59,66)(H,71,72)(H,60,62,69)(H,73,74,75)/b44-6+,61-48+/t42-,53?,54?,55?,56?/m0/s1. The van der Waals surface area contributed by atoms with Crippen LogP contribution in [-0.2, 0) is 58.3 Å². The lowest BCUT2D eigenvalue weighted by atomic mass is 9.39. The van der Waals surface area contributed by atoms with E-state index in [-0.39, 0.29) is 59.6 Å². The van der Waals surface area contributed by atoms with Crippen LogP contribution in [0.15, 0.2) is 84.3 Å². The molecule has 10 rings (SSSR count). The van der Waals surface area contributed by atoms with Crippen LogP contribution in [0.4, 0.5) is 5.13 Å². The summed E-state index contributed by atoms with van der Waals surface area (Å²) in [4.78, 5) is 89.0. The third-order valence-electron chi connectivity index (χ3n) is 15.9. The maximum absolute atomic E-state index is 13.8. The number of carbonyl (C=O) groups excluding carboxylic acids is 5. The summed E-state index contributed by atoms with van der Waals surface area (Å²) in [5.74, 6) is -4.27. The molecule has 414 valence electrons. The number of aliphatic imine (C=N–C) groups is 1. The molecule has 6 aliphatic rings. The molecule has 2 aliphatic heterocycles. The SMILES string of the molecule is C=C(/C(=N\C(=C/C)N1CCc2cccc(C(=O)Nc3nc4ccccc4s3)c2C1)C(=O)O)c1cnn(CC23CC4(C)CC(C)(C2)CC(OCCNC(=O)[C@H](CS(=O)(=O)O)NC(=O)CCCCCN2C(=O)C=CC2=O)(C4)C3)c1C. The molecule has 2 unspecified atom stereocenters. The number of fused-ring (bicyclic) bond motifs is 2. The quantitative estimate of drug-likeness (QED) is 0.0226. The maximum atomic E-state index is 13.8. The van der Waals surface area contributed by atoms with E-state index in [1.807, 2.05) is 52.9 Å². The molecular formula is C56H67N9O11S2. The molecule has 4 aliphatic carbocycles. The Hall–Kier alpha value is -6.88. The molecule has 0 radical (unpaired) electrons. The molecule has 3 atom stereocenters. The Labute approximate surface area is 457 Å². The fraction of sp³-hybridized carbons (Fsp3) is 0.482. The minimum absolute atomic E-state index is 0.0167. The first kappa shape index (κ1) is 55.9. The van der Waals surface area contributed by atoms with Crippen molar-refractivity contribution >= 4 is 83.6 Å². The van der Waals surface area contributed by atoms with Gasteiger partial charge in [0.1, 0.15) is 17.6 Å². The molecule has 4 fully saturated rings. The molecule has 0 saturated heterocycles. The van der Waals surface area contributed by atoms with Crippen LogP contribution in [0, 0.1) is 23.2 Å². The first-order valence-corrected chi connectivity index (χ1v) is 28.8. The second-order valence-corrected chi connectivity index (χ2v) is 25.1. The van der Waals surface area contributed by atoms with Crippen LogP contribution < -0.4 is 16.0 Å². The zero-order valence-electron chi connectivity index (χ0n) is 44.4. The highest BCUT2D eigenvalue weighted by Gasteiger charge is 2.66. The van der Waals surface area contributed by atoms with Gasteiger partial charge in [-0.2, -0.15) is 13.5 Å². The van der Waals surface area contributed by atoms with E-state index >= 15 is 0 Å². The molecule has 4 heterocycles. The Balaban J connectivity index is 0.826. The number of rotatable bonds is 23. The van der Waals surface area contributed by atoms with Gasteiger partial charge in [-0.3, -0.25) is 43.4 Å². The first-order chi connectivity index (χ1) is 37.0. The highest BCUT2D eigenvalue weighted by atomic mass is 32.2. The third kappa shape index (κ3) is 12.4. The average molecular weight is 1110 g/mol. The van der Waals surface area contributed by atoms with Crippen LogP contribution in [0.25, 0.3) is 15.8 Å². The number of carbonyl (C=O) groups is 6. The number of anilines is 1. The van der Waals surface area contributed by atoms with E-state index in [1.165, 1.54) is 23.5 Å². The lowest BCUT2D eigenvalue weighted by Crippen LogP contribution is -2.64.